The molecule has 2 aliphatic heterocycles. The Morgan fingerprint density at radius 2 is 1.76 bits per heavy atom. The van der Waals surface area contributed by atoms with Crippen molar-refractivity contribution >= 4 is 23.6 Å². The lowest BCUT2D eigenvalue weighted by molar-refractivity contribution is -0.149. The van der Waals surface area contributed by atoms with Crippen molar-refractivity contribution < 1.29 is 29.4 Å². The molecule has 2 heterocycles. The zero-order valence-corrected chi connectivity index (χ0v) is 8.83. The Kier molecular flexibility index (Phi) is 2.60. The molecule has 2 aliphatic rings. The predicted molar refractivity (Wildman–Crippen MR) is 52.0 cm³/mol. The number of hydrogen-bond donors (Lipinski definition) is 2. The third-order valence-corrected chi connectivity index (χ3v) is 3.32. The van der Waals surface area contributed by atoms with Crippen molar-refractivity contribution in [3.63, 3.8) is 0 Å². The smallest absolute Gasteiger partial charge is 0.323 e. The van der Waals surface area contributed by atoms with Gasteiger partial charge in [-0.15, -0.1) is 0 Å². The molecule has 2 rings (SSSR count). The average molecular weight is 241 g/mol. The molecule has 0 aliphatic carbocycles. The standard InChI is InChI=1S/C10H11NO6/c12-7-5-2-1-4(9(14)15)3-11(5)8(13)6(7)10(16)17/h4-6H,1-3H2,(H,14,15)(H,16,17). The number of piperidine rings is 1. The molecule has 0 saturated carbocycles. The lowest BCUT2D eigenvalue weighted by atomic mass is 9.92. The summed E-state index contributed by atoms with van der Waals surface area (Å²) in [5.74, 6) is -6.24. The molecule has 0 radical (unpaired) electrons. The molecule has 0 bridgehead atoms. The molecule has 3 atom stereocenters. The van der Waals surface area contributed by atoms with Crippen molar-refractivity contribution in [3.05, 3.63) is 0 Å². The van der Waals surface area contributed by atoms with E-state index in [9.17, 15) is 19.2 Å². The third kappa shape index (κ3) is 1.67. The number of ketones is 1. The van der Waals surface area contributed by atoms with Gasteiger partial charge < -0.3 is 15.1 Å². The zero-order chi connectivity index (χ0) is 12.7. The van der Waals surface area contributed by atoms with Crippen LogP contribution in [0.3, 0.4) is 0 Å². The molecular weight excluding hydrogens is 230 g/mol. The van der Waals surface area contributed by atoms with Gasteiger partial charge in [0.2, 0.25) is 5.91 Å². The number of hydrogen-bond acceptors (Lipinski definition) is 4. The summed E-state index contributed by atoms with van der Waals surface area (Å²) in [5.41, 5.74) is 0. The number of rotatable bonds is 2. The van der Waals surface area contributed by atoms with Crippen molar-refractivity contribution in [1.29, 1.82) is 0 Å². The van der Waals surface area contributed by atoms with Crippen LogP contribution in [0.1, 0.15) is 12.8 Å². The average Bonchev–Trinajstić information content (AvgIpc) is 2.51. The maximum Gasteiger partial charge on any atom is 0.323 e. The van der Waals surface area contributed by atoms with E-state index in [4.69, 9.17) is 10.2 Å². The van der Waals surface area contributed by atoms with Crippen LogP contribution in [-0.4, -0.2) is 51.3 Å². The van der Waals surface area contributed by atoms with Crippen LogP contribution >= 0.6 is 0 Å². The predicted octanol–water partition coefficient (Wildman–Crippen LogP) is -1.04. The first-order valence-corrected chi connectivity index (χ1v) is 5.23. The first kappa shape index (κ1) is 11.6. The van der Waals surface area contributed by atoms with E-state index in [0.717, 1.165) is 4.90 Å². The van der Waals surface area contributed by atoms with Gasteiger partial charge in [-0.3, -0.25) is 19.2 Å². The number of nitrogens with zero attached hydrogens (tertiary/aromatic N) is 1. The summed E-state index contributed by atoms with van der Waals surface area (Å²) >= 11 is 0. The number of aliphatic carboxylic acids is 2. The van der Waals surface area contributed by atoms with E-state index < -0.39 is 41.5 Å². The summed E-state index contributed by atoms with van der Waals surface area (Å²) in [6.07, 6.45) is 0.521. The second kappa shape index (κ2) is 3.83. The molecule has 2 saturated heterocycles. The van der Waals surface area contributed by atoms with Gasteiger partial charge in [-0.25, -0.2) is 0 Å². The highest BCUT2D eigenvalue weighted by atomic mass is 16.4. The summed E-state index contributed by atoms with van der Waals surface area (Å²) in [4.78, 5) is 46.1. The molecule has 2 N–H and O–H groups in total. The Morgan fingerprint density at radius 3 is 2.29 bits per heavy atom. The highest BCUT2D eigenvalue weighted by Gasteiger charge is 2.53. The molecule has 17 heavy (non-hydrogen) atoms. The quantitative estimate of drug-likeness (QED) is 0.597. The van der Waals surface area contributed by atoms with Gasteiger partial charge in [0.05, 0.1) is 12.0 Å². The van der Waals surface area contributed by atoms with E-state index in [0.29, 0.717) is 6.42 Å². The number of amides is 1. The van der Waals surface area contributed by atoms with Gasteiger partial charge in [0.15, 0.2) is 11.7 Å². The summed E-state index contributed by atoms with van der Waals surface area (Å²) in [5, 5.41) is 17.6. The van der Waals surface area contributed by atoms with Crippen molar-refractivity contribution in [2.45, 2.75) is 18.9 Å². The molecule has 3 unspecified atom stereocenters. The van der Waals surface area contributed by atoms with Crippen molar-refractivity contribution in [1.82, 2.24) is 4.90 Å². The number of Topliss-reactive ketones (excluding diaryl/α,β-unsaturated/α-hetero) is 1. The fraction of sp³-hybridized carbons (Fsp3) is 0.600. The van der Waals surface area contributed by atoms with E-state index in [-0.39, 0.29) is 13.0 Å². The Balaban J connectivity index is 2.23. The minimum absolute atomic E-state index is 0.0750. The minimum atomic E-state index is -1.65. The fourth-order valence-corrected chi connectivity index (χ4v) is 2.42. The van der Waals surface area contributed by atoms with Crippen LogP contribution in [0.4, 0.5) is 0 Å². The largest absolute Gasteiger partial charge is 0.481 e. The number of carboxylic acid groups (broad SMARTS) is 2. The topological polar surface area (TPSA) is 112 Å². The molecule has 2 fully saturated rings. The lowest BCUT2D eigenvalue weighted by Gasteiger charge is -2.31. The van der Waals surface area contributed by atoms with Crippen LogP contribution in [0.15, 0.2) is 0 Å². The molecule has 7 nitrogen and oxygen atoms in total. The van der Waals surface area contributed by atoms with E-state index in [1.165, 1.54) is 0 Å². The first-order chi connectivity index (χ1) is 7.93. The molecule has 0 aromatic rings. The molecule has 0 spiro atoms. The van der Waals surface area contributed by atoms with Crippen molar-refractivity contribution in [2.75, 3.05) is 6.54 Å². The normalized spacial score (nSPS) is 32.5. The second-order valence-electron chi connectivity index (χ2n) is 4.29. The maximum absolute atomic E-state index is 11.7. The van der Waals surface area contributed by atoms with Crippen LogP contribution in [0.25, 0.3) is 0 Å². The summed E-state index contributed by atoms with van der Waals surface area (Å²) in [7, 11) is 0. The first-order valence-electron chi connectivity index (χ1n) is 5.23. The van der Waals surface area contributed by atoms with E-state index in [1.54, 1.807) is 0 Å². The van der Waals surface area contributed by atoms with Gasteiger partial charge in [0, 0.05) is 6.54 Å². The van der Waals surface area contributed by atoms with Gasteiger partial charge in [0.25, 0.3) is 0 Å². The van der Waals surface area contributed by atoms with Crippen LogP contribution in [0.5, 0.6) is 0 Å². The van der Waals surface area contributed by atoms with Crippen molar-refractivity contribution in [2.24, 2.45) is 11.8 Å². The number of carboxylic acids is 2. The Bertz CT molecular complexity index is 417. The molecule has 92 valence electrons. The minimum Gasteiger partial charge on any atom is -0.481 e. The van der Waals surface area contributed by atoms with Gasteiger partial charge >= 0.3 is 11.9 Å². The van der Waals surface area contributed by atoms with Crippen LogP contribution < -0.4 is 0 Å². The van der Waals surface area contributed by atoms with Gasteiger partial charge in [0.1, 0.15) is 0 Å². The Labute approximate surface area is 96.0 Å². The number of carbonyl (C=O) groups is 4. The fourth-order valence-electron chi connectivity index (χ4n) is 2.42. The van der Waals surface area contributed by atoms with E-state index in [2.05, 4.69) is 0 Å². The van der Waals surface area contributed by atoms with E-state index in [1.807, 2.05) is 0 Å². The Morgan fingerprint density at radius 1 is 1.12 bits per heavy atom. The molecule has 7 heteroatoms. The monoisotopic (exact) mass is 241 g/mol. The van der Waals surface area contributed by atoms with E-state index >= 15 is 0 Å². The molecule has 0 aromatic carbocycles. The maximum atomic E-state index is 11.7. The molecule has 0 aromatic heterocycles. The van der Waals surface area contributed by atoms with Gasteiger partial charge in [-0.2, -0.15) is 0 Å². The van der Waals surface area contributed by atoms with Crippen LogP contribution in [0, 0.1) is 11.8 Å². The molecule has 1 amide bonds. The third-order valence-electron chi connectivity index (χ3n) is 3.32. The SMILES string of the molecule is O=C(O)C1CCC2C(=O)C(C(=O)O)C(=O)N2C1. The second-order valence-corrected chi connectivity index (χ2v) is 4.29. The van der Waals surface area contributed by atoms with Gasteiger partial charge in [-0.05, 0) is 12.8 Å². The highest BCUT2D eigenvalue weighted by Crippen LogP contribution is 2.31. The zero-order valence-electron chi connectivity index (χ0n) is 8.83. The van der Waals surface area contributed by atoms with Crippen LogP contribution in [-0.2, 0) is 19.2 Å². The van der Waals surface area contributed by atoms with Gasteiger partial charge in [-0.1, -0.05) is 0 Å². The summed E-state index contributed by atoms with van der Waals surface area (Å²) < 4.78 is 0. The number of fused-ring (bicyclic) bond motifs is 1. The van der Waals surface area contributed by atoms with Crippen molar-refractivity contribution in [3.8, 4) is 0 Å². The lowest BCUT2D eigenvalue weighted by Crippen LogP contribution is -2.45. The summed E-state index contributed by atoms with van der Waals surface area (Å²) in [6.45, 7) is -0.0750. The summed E-state index contributed by atoms with van der Waals surface area (Å²) in [6, 6.07) is -0.751. The molecular formula is C10H11NO6. The number of carbonyl (C=O) groups excluding carboxylic acids is 2. The van der Waals surface area contributed by atoms with Crippen LogP contribution in [0.2, 0.25) is 0 Å². The Hall–Kier alpha value is -1.92. The highest BCUT2D eigenvalue weighted by molar-refractivity contribution is 6.22.